The highest BCUT2D eigenvalue weighted by atomic mass is 32.2. The monoisotopic (exact) mass is 350 g/mol. The van der Waals surface area contributed by atoms with E-state index in [0.717, 1.165) is 0 Å². The smallest absolute Gasteiger partial charge is 0.256 e. The van der Waals surface area contributed by atoms with Crippen molar-refractivity contribution < 1.29 is 13.2 Å². The fraction of sp³-hybridized carbons (Fsp3) is 0.250. The van der Waals surface area contributed by atoms with Crippen molar-refractivity contribution >= 4 is 27.5 Å². The third-order valence-corrected chi connectivity index (χ3v) is 6.10. The van der Waals surface area contributed by atoms with Gasteiger partial charge >= 0.3 is 0 Å². The van der Waals surface area contributed by atoms with Gasteiger partial charge in [-0.1, -0.05) is 18.2 Å². The SMILES string of the molecule is CN(C)C(=O)c1cccnc1SCCS(=O)(=O)c1ccccc1. The van der Waals surface area contributed by atoms with Crippen LogP contribution in [0.2, 0.25) is 0 Å². The Balaban J connectivity index is 2.07. The number of pyridine rings is 1. The van der Waals surface area contributed by atoms with E-state index < -0.39 is 9.84 Å². The van der Waals surface area contributed by atoms with E-state index in [1.54, 1.807) is 62.8 Å². The van der Waals surface area contributed by atoms with Gasteiger partial charge in [0.2, 0.25) is 0 Å². The second-order valence-corrected chi connectivity index (χ2v) is 8.23. The lowest BCUT2D eigenvalue weighted by molar-refractivity contribution is 0.0823. The minimum atomic E-state index is -3.32. The molecule has 1 heterocycles. The Hall–Kier alpha value is -1.86. The summed E-state index contributed by atoms with van der Waals surface area (Å²) in [4.78, 5) is 18.1. The van der Waals surface area contributed by atoms with Gasteiger partial charge in [0.05, 0.1) is 16.2 Å². The Morgan fingerprint density at radius 1 is 1.13 bits per heavy atom. The summed E-state index contributed by atoms with van der Waals surface area (Å²) in [5.74, 6) is 0.182. The Kier molecular flexibility index (Phi) is 5.79. The fourth-order valence-corrected chi connectivity index (χ4v) is 4.56. The van der Waals surface area contributed by atoms with Crippen molar-refractivity contribution in [2.24, 2.45) is 0 Å². The highest BCUT2D eigenvalue weighted by Crippen LogP contribution is 2.22. The Morgan fingerprint density at radius 2 is 1.83 bits per heavy atom. The lowest BCUT2D eigenvalue weighted by Gasteiger charge is -2.12. The van der Waals surface area contributed by atoms with Gasteiger partial charge in [0.25, 0.3) is 5.91 Å². The third kappa shape index (κ3) is 4.56. The lowest BCUT2D eigenvalue weighted by atomic mass is 10.2. The average molecular weight is 350 g/mol. The first-order chi connectivity index (χ1) is 10.9. The third-order valence-electron chi connectivity index (χ3n) is 3.10. The topological polar surface area (TPSA) is 67.3 Å². The normalized spacial score (nSPS) is 11.2. The number of amides is 1. The second kappa shape index (κ2) is 7.61. The van der Waals surface area contributed by atoms with Crippen LogP contribution in [0.15, 0.2) is 58.6 Å². The van der Waals surface area contributed by atoms with Crippen molar-refractivity contribution in [2.75, 3.05) is 25.6 Å². The van der Waals surface area contributed by atoms with Gasteiger partial charge in [-0.3, -0.25) is 4.79 Å². The summed E-state index contributed by atoms with van der Waals surface area (Å²) in [6.45, 7) is 0. The average Bonchev–Trinajstić information content (AvgIpc) is 2.55. The van der Waals surface area contributed by atoms with Gasteiger partial charge in [-0.05, 0) is 24.3 Å². The number of benzene rings is 1. The van der Waals surface area contributed by atoms with Crippen LogP contribution < -0.4 is 0 Å². The highest BCUT2D eigenvalue weighted by molar-refractivity contribution is 8.00. The van der Waals surface area contributed by atoms with Gasteiger partial charge in [0, 0.05) is 26.0 Å². The summed E-state index contributed by atoms with van der Waals surface area (Å²) in [6, 6.07) is 11.7. The second-order valence-electron chi connectivity index (χ2n) is 5.04. The first kappa shape index (κ1) is 17.5. The van der Waals surface area contributed by atoms with Crippen molar-refractivity contribution in [2.45, 2.75) is 9.92 Å². The molecule has 7 heteroatoms. The van der Waals surface area contributed by atoms with E-state index in [1.165, 1.54) is 16.7 Å². The molecule has 1 aromatic carbocycles. The molecule has 0 saturated heterocycles. The number of aromatic nitrogens is 1. The number of nitrogens with zero attached hydrogens (tertiary/aromatic N) is 2. The van der Waals surface area contributed by atoms with Gasteiger partial charge in [-0.2, -0.15) is 0 Å². The van der Waals surface area contributed by atoms with Gasteiger partial charge in [0.1, 0.15) is 5.03 Å². The van der Waals surface area contributed by atoms with E-state index in [0.29, 0.717) is 21.2 Å². The van der Waals surface area contributed by atoms with Gasteiger partial charge in [-0.25, -0.2) is 13.4 Å². The number of hydrogen-bond donors (Lipinski definition) is 0. The molecule has 0 unspecified atom stereocenters. The maximum absolute atomic E-state index is 12.2. The van der Waals surface area contributed by atoms with Crippen LogP contribution in [0.3, 0.4) is 0 Å². The van der Waals surface area contributed by atoms with Crippen molar-refractivity contribution in [3.63, 3.8) is 0 Å². The number of sulfone groups is 1. The largest absolute Gasteiger partial charge is 0.345 e. The lowest BCUT2D eigenvalue weighted by Crippen LogP contribution is -2.22. The predicted molar refractivity (Wildman–Crippen MR) is 91.5 cm³/mol. The number of hydrogen-bond acceptors (Lipinski definition) is 5. The van der Waals surface area contributed by atoms with Crippen LogP contribution >= 0.6 is 11.8 Å². The molecule has 0 N–H and O–H groups in total. The van der Waals surface area contributed by atoms with Crippen LogP contribution in [0, 0.1) is 0 Å². The molecule has 0 aliphatic heterocycles. The zero-order chi connectivity index (χ0) is 16.9. The molecule has 0 atom stereocenters. The minimum Gasteiger partial charge on any atom is -0.345 e. The number of thioether (sulfide) groups is 1. The summed E-state index contributed by atoms with van der Waals surface area (Å²) in [5.41, 5.74) is 0.486. The Morgan fingerprint density at radius 3 is 2.48 bits per heavy atom. The summed E-state index contributed by atoms with van der Waals surface area (Å²) in [7, 11) is 0.0167. The molecule has 5 nitrogen and oxygen atoms in total. The number of carbonyl (C=O) groups excluding carboxylic acids is 1. The van der Waals surface area contributed by atoms with Crippen LogP contribution in [0.4, 0.5) is 0 Å². The molecule has 23 heavy (non-hydrogen) atoms. The van der Waals surface area contributed by atoms with E-state index in [1.807, 2.05) is 0 Å². The summed E-state index contributed by atoms with van der Waals surface area (Å²) >= 11 is 1.28. The van der Waals surface area contributed by atoms with E-state index in [-0.39, 0.29) is 11.7 Å². The quantitative estimate of drug-likeness (QED) is 0.748. The van der Waals surface area contributed by atoms with Crippen molar-refractivity contribution in [1.29, 1.82) is 0 Å². The minimum absolute atomic E-state index is 0.00610. The Bertz CT molecular complexity index is 775. The first-order valence-electron chi connectivity index (χ1n) is 6.99. The number of rotatable bonds is 6. The molecule has 0 fully saturated rings. The van der Waals surface area contributed by atoms with Crippen LogP contribution in [-0.4, -0.2) is 49.8 Å². The van der Waals surface area contributed by atoms with Crippen molar-refractivity contribution in [3.05, 3.63) is 54.2 Å². The van der Waals surface area contributed by atoms with Crippen LogP contribution in [0.5, 0.6) is 0 Å². The van der Waals surface area contributed by atoms with Crippen LogP contribution in [0.1, 0.15) is 10.4 Å². The number of carbonyl (C=O) groups is 1. The van der Waals surface area contributed by atoms with Crippen LogP contribution in [-0.2, 0) is 9.84 Å². The van der Waals surface area contributed by atoms with Gasteiger partial charge in [0.15, 0.2) is 9.84 Å². The molecule has 122 valence electrons. The van der Waals surface area contributed by atoms with E-state index in [2.05, 4.69) is 4.98 Å². The zero-order valence-corrected chi connectivity index (χ0v) is 14.6. The maximum atomic E-state index is 12.2. The fourth-order valence-electron chi connectivity index (χ4n) is 1.90. The summed E-state index contributed by atoms with van der Waals surface area (Å²) < 4.78 is 24.5. The molecule has 0 bridgehead atoms. The Labute approximate surface area is 140 Å². The first-order valence-corrected chi connectivity index (χ1v) is 9.63. The molecule has 0 spiro atoms. The summed E-state index contributed by atoms with van der Waals surface area (Å²) in [6.07, 6.45) is 1.60. The van der Waals surface area contributed by atoms with Crippen LogP contribution in [0.25, 0.3) is 0 Å². The van der Waals surface area contributed by atoms with Crippen molar-refractivity contribution in [1.82, 2.24) is 9.88 Å². The van der Waals surface area contributed by atoms with E-state index >= 15 is 0 Å². The molecule has 1 amide bonds. The van der Waals surface area contributed by atoms with Gasteiger partial charge in [-0.15, -0.1) is 11.8 Å². The maximum Gasteiger partial charge on any atom is 0.256 e. The standard InChI is InChI=1S/C16H18N2O3S2/c1-18(2)16(19)14-9-6-10-17-15(14)22-11-12-23(20,21)13-7-4-3-5-8-13/h3-10H,11-12H2,1-2H3. The van der Waals surface area contributed by atoms with E-state index in [9.17, 15) is 13.2 Å². The zero-order valence-electron chi connectivity index (χ0n) is 13.0. The van der Waals surface area contributed by atoms with E-state index in [4.69, 9.17) is 0 Å². The predicted octanol–water partition coefficient (Wildman–Crippen LogP) is 2.35. The molecule has 0 saturated carbocycles. The molecular weight excluding hydrogens is 332 g/mol. The summed E-state index contributed by atoms with van der Waals surface area (Å²) in [5, 5.41) is 0.550. The highest BCUT2D eigenvalue weighted by Gasteiger charge is 2.17. The molecule has 2 aromatic rings. The molecule has 0 aliphatic carbocycles. The molecular formula is C16H18N2O3S2. The van der Waals surface area contributed by atoms with Crippen molar-refractivity contribution in [3.8, 4) is 0 Å². The van der Waals surface area contributed by atoms with Gasteiger partial charge < -0.3 is 4.90 Å². The molecule has 2 rings (SSSR count). The molecule has 1 aromatic heterocycles. The molecule has 0 aliphatic rings. The molecule has 0 radical (unpaired) electrons.